The molecule has 2 heterocycles. The van der Waals surface area contributed by atoms with E-state index in [1.165, 1.54) is 19.6 Å². The summed E-state index contributed by atoms with van der Waals surface area (Å²) in [6.45, 7) is 4.52. The second-order valence-corrected chi connectivity index (χ2v) is 6.77. The molecule has 3 rings (SSSR count). The van der Waals surface area contributed by atoms with Crippen molar-refractivity contribution in [1.29, 1.82) is 0 Å². The van der Waals surface area contributed by atoms with Crippen molar-refractivity contribution in [1.82, 2.24) is 4.90 Å². The van der Waals surface area contributed by atoms with Crippen molar-refractivity contribution in [3.8, 4) is 0 Å². The lowest BCUT2D eigenvalue weighted by molar-refractivity contribution is -0.0182. The van der Waals surface area contributed by atoms with Crippen LogP contribution in [0.15, 0.2) is 12.1 Å². The minimum Gasteiger partial charge on any atom is -0.465 e. The van der Waals surface area contributed by atoms with E-state index in [1.807, 2.05) is 0 Å². The molecule has 5 heteroatoms. The molecule has 0 spiro atoms. The van der Waals surface area contributed by atoms with Crippen molar-refractivity contribution in [2.75, 3.05) is 20.3 Å². The van der Waals surface area contributed by atoms with Gasteiger partial charge in [0.25, 0.3) is 0 Å². The summed E-state index contributed by atoms with van der Waals surface area (Å²) in [5, 5.41) is 0. The molecule has 0 aromatic heterocycles. The molecule has 0 N–H and O–H groups in total. The van der Waals surface area contributed by atoms with E-state index in [0.717, 1.165) is 43.5 Å². The Hall–Kier alpha value is -1.46. The topological polar surface area (TPSA) is 38.8 Å². The fraction of sp³-hybridized carbons (Fsp3) is 0.632. The van der Waals surface area contributed by atoms with Gasteiger partial charge in [0.15, 0.2) is 0 Å². The van der Waals surface area contributed by atoms with Crippen LogP contribution in [0.4, 0.5) is 4.39 Å². The van der Waals surface area contributed by atoms with E-state index in [0.29, 0.717) is 19.0 Å². The number of halogens is 1. The predicted molar refractivity (Wildman–Crippen MR) is 89.5 cm³/mol. The molecule has 0 bridgehead atoms. The van der Waals surface area contributed by atoms with Crippen molar-refractivity contribution in [2.45, 2.75) is 57.7 Å². The second kappa shape index (κ2) is 7.62. The minimum absolute atomic E-state index is 0.267. The van der Waals surface area contributed by atoms with Gasteiger partial charge in [-0.3, -0.25) is 4.90 Å². The molecule has 0 amide bonds. The van der Waals surface area contributed by atoms with Gasteiger partial charge in [-0.1, -0.05) is 6.92 Å². The quantitative estimate of drug-likeness (QED) is 0.791. The largest absolute Gasteiger partial charge is 0.465 e. The highest BCUT2D eigenvalue weighted by molar-refractivity contribution is 5.89. The third-order valence-electron chi connectivity index (χ3n) is 5.22. The Morgan fingerprint density at radius 1 is 1.42 bits per heavy atom. The number of methoxy groups -OCH3 is 1. The number of carbonyl (C=O) groups is 1. The van der Waals surface area contributed by atoms with Crippen LogP contribution in [0.5, 0.6) is 0 Å². The lowest BCUT2D eigenvalue weighted by atomic mass is 9.90. The summed E-state index contributed by atoms with van der Waals surface area (Å²) in [6, 6.07) is 3.41. The van der Waals surface area contributed by atoms with Gasteiger partial charge in [0.2, 0.25) is 0 Å². The molecule has 4 nitrogen and oxygen atoms in total. The highest BCUT2D eigenvalue weighted by atomic mass is 19.1. The maximum atomic E-state index is 14.5. The second-order valence-electron chi connectivity index (χ2n) is 6.77. The summed E-state index contributed by atoms with van der Waals surface area (Å²) in [7, 11) is 1.32. The van der Waals surface area contributed by atoms with Crippen molar-refractivity contribution in [3.05, 3.63) is 34.6 Å². The molecular weight excluding hydrogens is 309 g/mol. The van der Waals surface area contributed by atoms with E-state index in [9.17, 15) is 9.18 Å². The Morgan fingerprint density at radius 3 is 2.92 bits per heavy atom. The van der Waals surface area contributed by atoms with Crippen molar-refractivity contribution < 1.29 is 18.7 Å². The average Bonchev–Trinajstić information content (AvgIpc) is 2.61. The van der Waals surface area contributed by atoms with Crippen LogP contribution in [0.3, 0.4) is 0 Å². The Balaban J connectivity index is 1.82. The number of hydrogen-bond donors (Lipinski definition) is 0. The molecule has 1 aromatic rings. The summed E-state index contributed by atoms with van der Waals surface area (Å²) < 4.78 is 25.1. The number of esters is 1. The normalized spacial score (nSPS) is 24.5. The predicted octanol–water partition coefficient (Wildman–Crippen LogP) is 3.32. The van der Waals surface area contributed by atoms with Crippen LogP contribution in [0, 0.1) is 5.82 Å². The lowest BCUT2D eigenvalue weighted by Crippen LogP contribution is -2.45. The number of fused-ring (bicyclic) bond motifs is 1. The Labute approximate surface area is 142 Å². The van der Waals surface area contributed by atoms with Gasteiger partial charge in [-0.05, 0) is 55.4 Å². The van der Waals surface area contributed by atoms with Gasteiger partial charge in [0.05, 0.1) is 18.8 Å². The van der Waals surface area contributed by atoms with E-state index in [2.05, 4.69) is 11.8 Å². The Bertz CT molecular complexity index is 599. The zero-order chi connectivity index (χ0) is 17.1. The number of carbonyl (C=O) groups excluding carboxylic acids is 1. The molecule has 2 aliphatic heterocycles. The van der Waals surface area contributed by atoms with Crippen molar-refractivity contribution >= 4 is 5.97 Å². The SMILES string of the molecule is CC[C@H]1Cc2c(F)cc(C(=O)OC)cc2CN1C[C@@H]1CCCCO1. The van der Waals surface area contributed by atoms with Crippen LogP contribution >= 0.6 is 0 Å². The molecule has 2 atom stereocenters. The molecule has 0 saturated carbocycles. The van der Waals surface area contributed by atoms with Crippen LogP contribution < -0.4 is 0 Å². The van der Waals surface area contributed by atoms with Crippen LogP contribution in [0.1, 0.15) is 54.1 Å². The summed E-state index contributed by atoms with van der Waals surface area (Å²) in [5.41, 5.74) is 1.93. The van der Waals surface area contributed by atoms with Crippen LogP contribution in [0.25, 0.3) is 0 Å². The molecule has 1 fully saturated rings. The van der Waals surface area contributed by atoms with Gasteiger partial charge >= 0.3 is 5.97 Å². The maximum absolute atomic E-state index is 14.5. The average molecular weight is 335 g/mol. The Morgan fingerprint density at radius 2 is 2.25 bits per heavy atom. The molecule has 132 valence electrons. The molecule has 1 aromatic carbocycles. The monoisotopic (exact) mass is 335 g/mol. The van der Waals surface area contributed by atoms with Crippen LogP contribution in [0.2, 0.25) is 0 Å². The molecule has 24 heavy (non-hydrogen) atoms. The van der Waals surface area contributed by atoms with Gasteiger partial charge in [-0.2, -0.15) is 0 Å². The fourth-order valence-electron chi connectivity index (χ4n) is 3.84. The molecule has 2 aliphatic rings. The smallest absolute Gasteiger partial charge is 0.337 e. The molecule has 0 aliphatic carbocycles. The summed E-state index contributed by atoms with van der Waals surface area (Å²) in [4.78, 5) is 14.1. The minimum atomic E-state index is -0.489. The number of hydrogen-bond acceptors (Lipinski definition) is 4. The van der Waals surface area contributed by atoms with E-state index in [4.69, 9.17) is 9.47 Å². The lowest BCUT2D eigenvalue weighted by Gasteiger charge is -2.39. The van der Waals surface area contributed by atoms with Crippen LogP contribution in [-0.2, 0) is 22.4 Å². The van der Waals surface area contributed by atoms with E-state index in [-0.39, 0.29) is 17.5 Å². The van der Waals surface area contributed by atoms with Crippen molar-refractivity contribution in [3.63, 3.8) is 0 Å². The first kappa shape index (κ1) is 17.4. The third-order valence-corrected chi connectivity index (χ3v) is 5.22. The zero-order valence-electron chi connectivity index (χ0n) is 14.5. The first-order chi connectivity index (χ1) is 11.6. The summed E-state index contributed by atoms with van der Waals surface area (Å²) >= 11 is 0. The first-order valence-corrected chi connectivity index (χ1v) is 8.87. The maximum Gasteiger partial charge on any atom is 0.337 e. The summed E-state index contributed by atoms with van der Waals surface area (Å²) in [5.74, 6) is -0.781. The highest BCUT2D eigenvalue weighted by Gasteiger charge is 2.30. The van der Waals surface area contributed by atoms with Gasteiger partial charge in [-0.15, -0.1) is 0 Å². The zero-order valence-corrected chi connectivity index (χ0v) is 14.5. The molecular formula is C19H26FNO3. The van der Waals surface area contributed by atoms with E-state index in [1.54, 1.807) is 6.07 Å². The molecule has 0 unspecified atom stereocenters. The van der Waals surface area contributed by atoms with Gasteiger partial charge in [0, 0.05) is 25.7 Å². The van der Waals surface area contributed by atoms with E-state index >= 15 is 0 Å². The Kier molecular flexibility index (Phi) is 5.51. The van der Waals surface area contributed by atoms with Gasteiger partial charge in [-0.25, -0.2) is 9.18 Å². The number of ether oxygens (including phenoxy) is 2. The summed E-state index contributed by atoms with van der Waals surface area (Å²) in [6.07, 6.45) is 5.38. The standard InChI is InChI=1S/C19H26FNO3/c1-3-15-10-17-14(8-13(9-18(17)20)19(22)23-2)11-21(15)12-16-6-4-5-7-24-16/h8-9,15-16H,3-7,10-12H2,1-2H3/t15-,16-/m0/s1. The highest BCUT2D eigenvalue weighted by Crippen LogP contribution is 2.29. The first-order valence-electron chi connectivity index (χ1n) is 8.87. The molecule has 1 saturated heterocycles. The van der Waals surface area contributed by atoms with Gasteiger partial charge in [0.1, 0.15) is 5.82 Å². The van der Waals surface area contributed by atoms with Gasteiger partial charge < -0.3 is 9.47 Å². The third kappa shape index (κ3) is 3.62. The fourth-order valence-corrected chi connectivity index (χ4v) is 3.84. The molecule has 0 radical (unpaired) electrons. The number of nitrogens with zero attached hydrogens (tertiary/aromatic N) is 1. The van der Waals surface area contributed by atoms with Crippen molar-refractivity contribution in [2.24, 2.45) is 0 Å². The number of benzene rings is 1. The number of rotatable bonds is 4. The van der Waals surface area contributed by atoms with Crippen LogP contribution in [-0.4, -0.2) is 43.3 Å². The van der Waals surface area contributed by atoms with E-state index < -0.39 is 5.97 Å².